The molecular formula is C21H32N2O4. The van der Waals surface area contributed by atoms with Crippen molar-refractivity contribution < 1.29 is 19.1 Å². The third-order valence-electron chi connectivity index (χ3n) is 4.49. The van der Waals surface area contributed by atoms with E-state index in [0.717, 1.165) is 18.4 Å². The number of carbonyl (C=O) groups excluding carboxylic acids is 2. The van der Waals surface area contributed by atoms with Crippen LogP contribution in [0.1, 0.15) is 46.1 Å². The van der Waals surface area contributed by atoms with Crippen LogP contribution in [0.3, 0.4) is 0 Å². The van der Waals surface area contributed by atoms with Crippen molar-refractivity contribution in [3.8, 4) is 0 Å². The summed E-state index contributed by atoms with van der Waals surface area (Å²) >= 11 is 0. The van der Waals surface area contributed by atoms with Gasteiger partial charge in [0.2, 0.25) is 0 Å². The van der Waals surface area contributed by atoms with E-state index in [4.69, 9.17) is 9.47 Å². The smallest absolute Gasteiger partial charge is 0.410 e. The molecule has 0 aromatic heterocycles. The zero-order valence-corrected chi connectivity index (χ0v) is 16.9. The van der Waals surface area contributed by atoms with Crippen molar-refractivity contribution in [3.05, 3.63) is 35.9 Å². The molecule has 1 unspecified atom stereocenters. The zero-order valence-electron chi connectivity index (χ0n) is 16.9. The summed E-state index contributed by atoms with van der Waals surface area (Å²) in [5.74, 6) is 0.232. The Balaban J connectivity index is 1.85. The average molecular weight is 376 g/mol. The summed E-state index contributed by atoms with van der Waals surface area (Å²) in [6.45, 7) is 10.3. The Kier molecular flexibility index (Phi) is 7.51. The van der Waals surface area contributed by atoms with Gasteiger partial charge in [0, 0.05) is 26.2 Å². The first-order valence-electron chi connectivity index (χ1n) is 9.72. The van der Waals surface area contributed by atoms with Gasteiger partial charge in [-0.1, -0.05) is 30.3 Å². The van der Waals surface area contributed by atoms with Gasteiger partial charge in [0.1, 0.15) is 12.2 Å². The topological polar surface area (TPSA) is 59.1 Å². The minimum Gasteiger partial charge on any atom is -0.445 e. The van der Waals surface area contributed by atoms with Crippen LogP contribution in [0.15, 0.2) is 30.3 Å². The summed E-state index contributed by atoms with van der Waals surface area (Å²) in [5.41, 5.74) is 0.469. The van der Waals surface area contributed by atoms with Gasteiger partial charge < -0.3 is 19.3 Å². The molecule has 6 heteroatoms. The Labute approximate surface area is 162 Å². The maximum absolute atomic E-state index is 12.4. The van der Waals surface area contributed by atoms with Gasteiger partial charge in [0.25, 0.3) is 0 Å². The van der Waals surface area contributed by atoms with E-state index in [1.54, 1.807) is 9.80 Å². The van der Waals surface area contributed by atoms with E-state index in [0.29, 0.717) is 26.2 Å². The van der Waals surface area contributed by atoms with Crippen LogP contribution in [0.2, 0.25) is 0 Å². The summed E-state index contributed by atoms with van der Waals surface area (Å²) in [7, 11) is 0. The lowest BCUT2D eigenvalue weighted by molar-refractivity contribution is 0.0143. The number of amides is 2. The predicted octanol–water partition coefficient (Wildman–Crippen LogP) is 4.29. The van der Waals surface area contributed by atoms with Crippen molar-refractivity contribution in [2.45, 2.75) is 52.7 Å². The Bertz CT molecular complexity index is 612. The van der Waals surface area contributed by atoms with E-state index < -0.39 is 5.60 Å². The number of hydrogen-bond acceptors (Lipinski definition) is 4. The van der Waals surface area contributed by atoms with Crippen LogP contribution < -0.4 is 0 Å². The lowest BCUT2D eigenvalue weighted by Gasteiger charge is -2.36. The van der Waals surface area contributed by atoms with Gasteiger partial charge in [-0.15, -0.1) is 0 Å². The molecule has 1 aromatic rings. The molecular weight excluding hydrogens is 344 g/mol. The minimum absolute atomic E-state index is 0.232. The average Bonchev–Trinajstić information content (AvgIpc) is 2.64. The fourth-order valence-electron chi connectivity index (χ4n) is 3.16. The third-order valence-corrected chi connectivity index (χ3v) is 4.49. The van der Waals surface area contributed by atoms with Crippen LogP contribution >= 0.6 is 0 Å². The first-order chi connectivity index (χ1) is 12.8. The van der Waals surface area contributed by atoms with Gasteiger partial charge in [-0.3, -0.25) is 0 Å². The number of hydrogen-bond donors (Lipinski definition) is 0. The third kappa shape index (κ3) is 7.12. The Morgan fingerprint density at radius 2 is 1.93 bits per heavy atom. The molecule has 2 rings (SSSR count). The molecule has 1 aliphatic rings. The summed E-state index contributed by atoms with van der Waals surface area (Å²) in [6.07, 6.45) is 1.32. The molecule has 0 radical (unpaired) electrons. The Hall–Kier alpha value is -2.24. The molecule has 1 heterocycles. The van der Waals surface area contributed by atoms with Gasteiger partial charge in [-0.05, 0) is 52.0 Å². The minimum atomic E-state index is -0.499. The Morgan fingerprint density at radius 3 is 2.56 bits per heavy atom. The molecule has 0 saturated carbocycles. The van der Waals surface area contributed by atoms with Crippen LogP contribution in [0.25, 0.3) is 0 Å². The first kappa shape index (κ1) is 21.1. The van der Waals surface area contributed by atoms with Gasteiger partial charge >= 0.3 is 12.2 Å². The molecule has 27 heavy (non-hydrogen) atoms. The van der Waals surface area contributed by atoms with E-state index in [2.05, 4.69) is 0 Å². The highest BCUT2D eigenvalue weighted by atomic mass is 16.6. The molecule has 0 bridgehead atoms. The van der Waals surface area contributed by atoms with Gasteiger partial charge in [-0.25, -0.2) is 9.59 Å². The summed E-state index contributed by atoms with van der Waals surface area (Å²) in [5, 5.41) is 0. The van der Waals surface area contributed by atoms with Crippen molar-refractivity contribution in [2.24, 2.45) is 5.92 Å². The highest BCUT2D eigenvalue weighted by Crippen LogP contribution is 2.20. The summed E-state index contributed by atoms with van der Waals surface area (Å²) < 4.78 is 10.9. The van der Waals surface area contributed by atoms with E-state index in [1.807, 2.05) is 58.0 Å². The van der Waals surface area contributed by atoms with Crippen molar-refractivity contribution in [1.82, 2.24) is 9.80 Å². The van der Waals surface area contributed by atoms with Crippen molar-refractivity contribution in [3.63, 3.8) is 0 Å². The van der Waals surface area contributed by atoms with Crippen LogP contribution in [-0.2, 0) is 16.1 Å². The SMILES string of the molecule is CCN(CC1CCCN(C(=O)OC(C)(C)C)C1)C(=O)OCc1ccccc1. The number of benzene rings is 1. The largest absolute Gasteiger partial charge is 0.445 e. The zero-order chi connectivity index (χ0) is 19.9. The van der Waals surface area contributed by atoms with Gasteiger partial charge in [0.05, 0.1) is 0 Å². The quantitative estimate of drug-likeness (QED) is 0.769. The Morgan fingerprint density at radius 1 is 1.22 bits per heavy atom. The molecule has 6 nitrogen and oxygen atoms in total. The van der Waals surface area contributed by atoms with E-state index >= 15 is 0 Å². The molecule has 0 N–H and O–H groups in total. The van der Waals surface area contributed by atoms with Crippen LogP contribution in [-0.4, -0.2) is 53.8 Å². The molecule has 1 saturated heterocycles. The standard InChI is InChI=1S/C21H32N2O4/c1-5-22(19(24)26-16-17-10-7-6-8-11-17)14-18-12-9-13-23(15-18)20(25)27-21(2,3)4/h6-8,10-11,18H,5,9,12-16H2,1-4H3. The second-order valence-electron chi connectivity index (χ2n) is 8.01. The van der Waals surface area contributed by atoms with Gasteiger partial charge in [-0.2, -0.15) is 0 Å². The predicted molar refractivity (Wildman–Crippen MR) is 104 cm³/mol. The molecule has 1 aliphatic heterocycles. The molecule has 1 atom stereocenters. The molecule has 2 amide bonds. The number of carbonyl (C=O) groups is 2. The normalized spacial score (nSPS) is 17.3. The highest BCUT2D eigenvalue weighted by molar-refractivity contribution is 5.68. The van der Waals surface area contributed by atoms with Crippen molar-refractivity contribution in [2.75, 3.05) is 26.2 Å². The molecule has 1 fully saturated rings. The van der Waals surface area contributed by atoms with E-state index in [9.17, 15) is 9.59 Å². The van der Waals surface area contributed by atoms with Crippen LogP contribution in [0, 0.1) is 5.92 Å². The lowest BCUT2D eigenvalue weighted by Crippen LogP contribution is -2.46. The summed E-state index contributed by atoms with van der Waals surface area (Å²) in [6, 6.07) is 9.65. The first-order valence-corrected chi connectivity index (χ1v) is 9.72. The van der Waals surface area contributed by atoms with Crippen molar-refractivity contribution >= 4 is 12.2 Å². The molecule has 1 aromatic carbocycles. The molecule has 0 aliphatic carbocycles. The highest BCUT2D eigenvalue weighted by Gasteiger charge is 2.29. The van der Waals surface area contributed by atoms with Crippen LogP contribution in [0.4, 0.5) is 9.59 Å². The molecule has 0 spiro atoms. The number of nitrogens with zero attached hydrogens (tertiary/aromatic N) is 2. The fourth-order valence-corrected chi connectivity index (χ4v) is 3.16. The maximum Gasteiger partial charge on any atom is 0.410 e. The number of ether oxygens (including phenoxy) is 2. The molecule has 150 valence electrons. The maximum atomic E-state index is 12.4. The monoisotopic (exact) mass is 376 g/mol. The van der Waals surface area contributed by atoms with Crippen molar-refractivity contribution in [1.29, 1.82) is 0 Å². The second-order valence-corrected chi connectivity index (χ2v) is 8.01. The van der Waals surface area contributed by atoms with Crippen LogP contribution in [0.5, 0.6) is 0 Å². The number of likely N-dealkylation sites (tertiary alicyclic amines) is 1. The summed E-state index contributed by atoms with van der Waals surface area (Å²) in [4.78, 5) is 28.2. The van der Waals surface area contributed by atoms with Gasteiger partial charge in [0.15, 0.2) is 0 Å². The number of rotatable bonds is 5. The lowest BCUT2D eigenvalue weighted by atomic mass is 9.98. The van der Waals surface area contributed by atoms with E-state index in [-0.39, 0.29) is 24.7 Å². The number of piperidine rings is 1. The second kappa shape index (κ2) is 9.62. The van der Waals surface area contributed by atoms with E-state index in [1.165, 1.54) is 0 Å². The fraction of sp³-hybridized carbons (Fsp3) is 0.619.